The molecule has 1 aliphatic rings. The number of piperidine rings is 1. The summed E-state index contributed by atoms with van der Waals surface area (Å²) in [6.07, 6.45) is 2.95. The molecule has 2 N–H and O–H groups in total. The number of carbonyl (C=O) groups is 2. The lowest BCUT2D eigenvalue weighted by atomic mass is 9.90. The van der Waals surface area contributed by atoms with Gasteiger partial charge < -0.3 is 10.6 Å². The third-order valence-corrected chi connectivity index (χ3v) is 7.89. The van der Waals surface area contributed by atoms with Crippen LogP contribution in [0.15, 0.2) is 66.1 Å². The van der Waals surface area contributed by atoms with Crippen molar-refractivity contribution in [2.45, 2.75) is 43.5 Å². The zero-order valence-electron chi connectivity index (χ0n) is 19.1. The van der Waals surface area contributed by atoms with E-state index in [2.05, 4.69) is 23.3 Å². The van der Waals surface area contributed by atoms with Crippen molar-refractivity contribution in [3.05, 3.63) is 77.9 Å². The fraction of sp³-hybridized carbons (Fsp3) is 0.360. The van der Waals surface area contributed by atoms with Gasteiger partial charge in [0.05, 0.1) is 4.90 Å². The molecule has 0 atom stereocenters. The standard InChI is InChI=1S/C25H31N3O4S/c1-4-23(29)27-25(3)13-16-28(17-14-25)33(31,32)22-10-8-21(9-11-22)24(30)26-15-12-20-7-5-6-19(2)18-20/h4-11,18H,1,12-17H2,2-3H3,(H,26,30)(H,27,29). The number of benzene rings is 2. The van der Waals surface area contributed by atoms with Gasteiger partial charge in [-0.25, -0.2) is 8.42 Å². The van der Waals surface area contributed by atoms with Gasteiger partial charge in [0.1, 0.15) is 0 Å². The highest BCUT2D eigenvalue weighted by atomic mass is 32.2. The first-order valence-corrected chi connectivity index (χ1v) is 12.5. The van der Waals surface area contributed by atoms with Crippen molar-refractivity contribution in [2.24, 2.45) is 0 Å². The number of hydrogen-bond acceptors (Lipinski definition) is 4. The number of nitrogens with zero attached hydrogens (tertiary/aromatic N) is 1. The van der Waals surface area contributed by atoms with E-state index >= 15 is 0 Å². The van der Waals surface area contributed by atoms with Crippen molar-refractivity contribution in [1.29, 1.82) is 0 Å². The Balaban J connectivity index is 1.56. The summed E-state index contributed by atoms with van der Waals surface area (Å²) in [5.41, 5.74) is 2.28. The second kappa shape index (κ2) is 10.3. The van der Waals surface area contributed by atoms with E-state index in [9.17, 15) is 18.0 Å². The highest BCUT2D eigenvalue weighted by molar-refractivity contribution is 7.89. The fourth-order valence-corrected chi connectivity index (χ4v) is 5.35. The summed E-state index contributed by atoms with van der Waals surface area (Å²) in [5.74, 6) is -0.500. The summed E-state index contributed by atoms with van der Waals surface area (Å²) in [5, 5.41) is 5.76. The molecule has 0 unspecified atom stereocenters. The minimum Gasteiger partial charge on any atom is -0.352 e. The molecule has 7 nitrogen and oxygen atoms in total. The van der Waals surface area contributed by atoms with Crippen molar-refractivity contribution < 1.29 is 18.0 Å². The molecule has 0 radical (unpaired) electrons. The SMILES string of the molecule is C=CC(=O)NC1(C)CCN(S(=O)(=O)c2ccc(C(=O)NCCc3cccc(C)c3)cc2)CC1. The van der Waals surface area contributed by atoms with E-state index in [1.807, 2.05) is 32.0 Å². The van der Waals surface area contributed by atoms with E-state index in [1.54, 1.807) is 0 Å². The van der Waals surface area contributed by atoms with E-state index in [0.717, 1.165) is 12.0 Å². The van der Waals surface area contributed by atoms with Gasteiger partial charge in [-0.05, 0) is 69.0 Å². The van der Waals surface area contributed by atoms with Crippen LogP contribution in [0.4, 0.5) is 0 Å². The molecule has 2 aromatic carbocycles. The molecular weight excluding hydrogens is 438 g/mol. The van der Waals surface area contributed by atoms with Gasteiger partial charge in [-0.15, -0.1) is 0 Å². The Morgan fingerprint density at radius 3 is 2.39 bits per heavy atom. The maximum atomic E-state index is 13.0. The van der Waals surface area contributed by atoms with Gasteiger partial charge in [0.25, 0.3) is 5.91 Å². The first-order valence-electron chi connectivity index (χ1n) is 11.0. The average Bonchev–Trinajstić information content (AvgIpc) is 2.79. The second-order valence-corrected chi connectivity index (χ2v) is 10.6. The molecule has 0 bridgehead atoms. The fourth-order valence-electron chi connectivity index (χ4n) is 3.91. The molecule has 176 valence electrons. The number of hydrogen-bond donors (Lipinski definition) is 2. The highest BCUT2D eigenvalue weighted by Gasteiger charge is 2.36. The Morgan fingerprint density at radius 2 is 1.79 bits per heavy atom. The van der Waals surface area contributed by atoms with E-state index < -0.39 is 15.6 Å². The van der Waals surface area contributed by atoms with Gasteiger partial charge in [0.2, 0.25) is 15.9 Å². The molecule has 33 heavy (non-hydrogen) atoms. The van der Waals surface area contributed by atoms with Crippen LogP contribution in [-0.2, 0) is 21.2 Å². The first-order chi connectivity index (χ1) is 15.6. The van der Waals surface area contributed by atoms with E-state index in [4.69, 9.17) is 0 Å². The van der Waals surface area contributed by atoms with Crippen LogP contribution in [-0.4, -0.2) is 49.7 Å². The molecule has 1 aliphatic heterocycles. The molecule has 0 aliphatic carbocycles. The van der Waals surface area contributed by atoms with Crippen LogP contribution >= 0.6 is 0 Å². The molecule has 1 fully saturated rings. The summed E-state index contributed by atoms with van der Waals surface area (Å²) >= 11 is 0. The van der Waals surface area contributed by atoms with Gasteiger partial charge >= 0.3 is 0 Å². The van der Waals surface area contributed by atoms with Crippen LogP contribution in [0, 0.1) is 6.92 Å². The lowest BCUT2D eigenvalue weighted by Gasteiger charge is -2.39. The van der Waals surface area contributed by atoms with Gasteiger partial charge in [-0.2, -0.15) is 4.31 Å². The Labute approximate surface area is 195 Å². The van der Waals surface area contributed by atoms with Crippen LogP contribution in [0.25, 0.3) is 0 Å². The number of nitrogens with one attached hydrogen (secondary N) is 2. The molecule has 2 aromatic rings. The number of amides is 2. The topological polar surface area (TPSA) is 95.6 Å². The Hall–Kier alpha value is -2.97. The lowest BCUT2D eigenvalue weighted by molar-refractivity contribution is -0.118. The van der Waals surface area contributed by atoms with Crippen LogP contribution in [0.5, 0.6) is 0 Å². The number of rotatable bonds is 8. The molecule has 1 saturated heterocycles. The maximum absolute atomic E-state index is 13.0. The van der Waals surface area contributed by atoms with Gasteiger partial charge in [-0.1, -0.05) is 36.4 Å². The van der Waals surface area contributed by atoms with Gasteiger partial charge in [0, 0.05) is 30.7 Å². The van der Waals surface area contributed by atoms with E-state index in [1.165, 1.54) is 40.2 Å². The monoisotopic (exact) mass is 469 g/mol. The Kier molecular flexibility index (Phi) is 7.71. The van der Waals surface area contributed by atoms with Crippen LogP contribution in [0.2, 0.25) is 0 Å². The summed E-state index contributed by atoms with van der Waals surface area (Å²) in [6, 6.07) is 14.1. The average molecular weight is 470 g/mol. The number of sulfonamides is 1. The third kappa shape index (κ3) is 6.30. The molecular formula is C25H31N3O4S. The molecule has 1 heterocycles. The minimum absolute atomic E-state index is 0.151. The zero-order valence-corrected chi connectivity index (χ0v) is 20.0. The Bertz CT molecular complexity index is 1120. The number of aryl methyl sites for hydroxylation is 1. The van der Waals surface area contributed by atoms with Crippen molar-refractivity contribution in [3.8, 4) is 0 Å². The van der Waals surface area contributed by atoms with Crippen LogP contribution in [0.3, 0.4) is 0 Å². The molecule has 0 aromatic heterocycles. The highest BCUT2D eigenvalue weighted by Crippen LogP contribution is 2.26. The maximum Gasteiger partial charge on any atom is 0.251 e. The zero-order chi connectivity index (χ0) is 24.1. The van der Waals surface area contributed by atoms with Crippen LogP contribution in [0.1, 0.15) is 41.3 Å². The van der Waals surface area contributed by atoms with Crippen molar-refractivity contribution in [1.82, 2.24) is 14.9 Å². The predicted molar refractivity (Wildman–Crippen MR) is 128 cm³/mol. The van der Waals surface area contributed by atoms with E-state index in [0.29, 0.717) is 38.0 Å². The largest absolute Gasteiger partial charge is 0.352 e. The quantitative estimate of drug-likeness (QED) is 0.581. The smallest absolute Gasteiger partial charge is 0.251 e. The van der Waals surface area contributed by atoms with Gasteiger partial charge in [0.15, 0.2) is 0 Å². The van der Waals surface area contributed by atoms with Crippen LogP contribution < -0.4 is 10.6 Å². The normalized spacial score (nSPS) is 16.1. The number of carbonyl (C=O) groups excluding carboxylic acids is 2. The molecule has 0 saturated carbocycles. The predicted octanol–water partition coefficient (Wildman–Crippen LogP) is 2.81. The van der Waals surface area contributed by atoms with Crippen molar-refractivity contribution in [3.63, 3.8) is 0 Å². The molecule has 3 rings (SSSR count). The van der Waals surface area contributed by atoms with E-state index in [-0.39, 0.29) is 16.7 Å². The first kappa shape index (κ1) is 24.7. The third-order valence-electron chi connectivity index (χ3n) is 5.97. The molecule has 8 heteroatoms. The summed E-state index contributed by atoms with van der Waals surface area (Å²) in [6.45, 7) is 8.50. The lowest BCUT2D eigenvalue weighted by Crippen LogP contribution is -2.53. The summed E-state index contributed by atoms with van der Waals surface area (Å²) < 4.78 is 27.5. The molecule has 0 spiro atoms. The Morgan fingerprint density at radius 1 is 1.12 bits per heavy atom. The summed E-state index contributed by atoms with van der Waals surface area (Å²) in [7, 11) is -3.68. The van der Waals surface area contributed by atoms with Crippen molar-refractivity contribution in [2.75, 3.05) is 19.6 Å². The second-order valence-electron chi connectivity index (χ2n) is 8.68. The van der Waals surface area contributed by atoms with Gasteiger partial charge in [-0.3, -0.25) is 9.59 Å². The van der Waals surface area contributed by atoms with Crippen molar-refractivity contribution >= 4 is 21.8 Å². The summed E-state index contributed by atoms with van der Waals surface area (Å²) in [4.78, 5) is 24.2. The molecule has 2 amide bonds. The minimum atomic E-state index is -3.68.